The molecule has 0 atom stereocenters. The summed E-state index contributed by atoms with van der Waals surface area (Å²) < 4.78 is 40.4. The maximum atomic E-state index is 13.1. The Bertz CT molecular complexity index is 1300. The molecule has 4 rings (SSSR count). The molecular formula is C21H16F3GdNO5. The van der Waals surface area contributed by atoms with E-state index < -0.39 is 28.8 Å². The average molecular weight is 577 g/mol. The zero-order valence-electron chi connectivity index (χ0n) is 15.5. The van der Waals surface area contributed by atoms with Crippen LogP contribution in [0.3, 0.4) is 0 Å². The quantitative estimate of drug-likeness (QED) is 0.292. The molecule has 164 valence electrons. The van der Waals surface area contributed by atoms with Crippen LogP contribution in [0.1, 0.15) is 10.4 Å². The third-order valence-corrected chi connectivity index (χ3v) is 4.54. The van der Waals surface area contributed by atoms with Gasteiger partial charge in [-0.2, -0.15) is 13.2 Å². The number of carbonyl (C=O) groups excluding carboxylic acids is 1. The van der Waals surface area contributed by atoms with Gasteiger partial charge in [0.2, 0.25) is 0 Å². The topological polar surface area (TPSA) is 122 Å². The van der Waals surface area contributed by atoms with Crippen molar-refractivity contribution in [3.8, 4) is 11.4 Å². The third-order valence-electron chi connectivity index (χ3n) is 4.54. The van der Waals surface area contributed by atoms with Crippen molar-refractivity contribution in [1.29, 1.82) is 0 Å². The first kappa shape index (κ1) is 26.7. The molecule has 4 aromatic rings. The number of pyridine rings is 1. The SMILES string of the molecule is O.O.O=C(c1c(O)c2c3ccccc3ccc2n(-c2ccccc2)c1=O)C(F)(F)F.[Gd]. The van der Waals surface area contributed by atoms with E-state index in [0.717, 1.165) is 4.57 Å². The molecule has 6 nitrogen and oxygen atoms in total. The molecule has 0 spiro atoms. The first-order valence-corrected chi connectivity index (χ1v) is 8.27. The molecule has 0 unspecified atom stereocenters. The molecule has 3 aromatic carbocycles. The van der Waals surface area contributed by atoms with Crippen LogP contribution in [0.25, 0.3) is 27.4 Å². The van der Waals surface area contributed by atoms with Crippen molar-refractivity contribution in [2.24, 2.45) is 0 Å². The Morgan fingerprint density at radius 1 is 0.871 bits per heavy atom. The second kappa shape index (κ2) is 9.84. The van der Waals surface area contributed by atoms with Crippen molar-refractivity contribution in [2.45, 2.75) is 6.18 Å². The Morgan fingerprint density at radius 2 is 1.45 bits per heavy atom. The van der Waals surface area contributed by atoms with E-state index in [9.17, 15) is 27.9 Å². The van der Waals surface area contributed by atoms with E-state index >= 15 is 0 Å². The predicted molar refractivity (Wildman–Crippen MR) is 106 cm³/mol. The smallest absolute Gasteiger partial charge is 0.455 e. The summed E-state index contributed by atoms with van der Waals surface area (Å²) in [5.74, 6) is -3.35. The molecule has 0 aliphatic carbocycles. The summed E-state index contributed by atoms with van der Waals surface area (Å²) in [6.07, 6.45) is -5.30. The number of nitrogens with zero attached hydrogens (tertiary/aromatic N) is 1. The van der Waals surface area contributed by atoms with Gasteiger partial charge in [0, 0.05) is 51.0 Å². The maximum Gasteiger partial charge on any atom is 0.455 e. The number of fused-ring (bicyclic) bond motifs is 3. The van der Waals surface area contributed by atoms with Crippen LogP contribution in [0.5, 0.6) is 5.75 Å². The molecule has 0 radical (unpaired) electrons. The Kier molecular flexibility index (Phi) is 8.47. The van der Waals surface area contributed by atoms with Crippen LogP contribution in [-0.4, -0.2) is 32.6 Å². The minimum Gasteiger partial charge on any atom is -0.506 e. The van der Waals surface area contributed by atoms with Crippen molar-refractivity contribution >= 4 is 27.5 Å². The monoisotopic (exact) mass is 577 g/mol. The molecule has 0 bridgehead atoms. The third kappa shape index (κ3) is 4.48. The summed E-state index contributed by atoms with van der Waals surface area (Å²) in [4.78, 5) is 24.9. The van der Waals surface area contributed by atoms with E-state index in [-0.39, 0.29) is 67.5 Å². The average Bonchev–Trinajstić information content (AvgIpc) is 2.67. The number of aromatic hydroxyl groups is 1. The summed E-state index contributed by atoms with van der Waals surface area (Å²) >= 11 is 0. The Labute approximate surface area is 205 Å². The van der Waals surface area contributed by atoms with Crippen LogP contribution in [0.4, 0.5) is 13.2 Å². The van der Waals surface area contributed by atoms with E-state index in [2.05, 4.69) is 0 Å². The zero-order chi connectivity index (χ0) is 20.1. The number of benzene rings is 3. The van der Waals surface area contributed by atoms with Crippen molar-refractivity contribution in [3.05, 3.63) is 82.6 Å². The predicted octanol–water partition coefficient (Wildman–Crippen LogP) is 2.95. The second-order valence-corrected chi connectivity index (χ2v) is 6.21. The molecule has 0 amide bonds. The van der Waals surface area contributed by atoms with Gasteiger partial charge in [-0.3, -0.25) is 14.2 Å². The largest absolute Gasteiger partial charge is 0.506 e. The zero-order valence-corrected chi connectivity index (χ0v) is 17.8. The molecule has 31 heavy (non-hydrogen) atoms. The molecule has 0 saturated carbocycles. The van der Waals surface area contributed by atoms with Crippen LogP contribution in [0.2, 0.25) is 0 Å². The molecule has 0 fully saturated rings. The first-order valence-electron chi connectivity index (χ1n) is 8.27. The van der Waals surface area contributed by atoms with Crippen LogP contribution < -0.4 is 5.56 Å². The summed E-state index contributed by atoms with van der Waals surface area (Å²) in [6, 6.07) is 18.0. The Balaban J connectivity index is 0.00000160. The fourth-order valence-corrected chi connectivity index (χ4v) is 3.32. The number of Topliss-reactive ketones (excluding diaryl/α,β-unsaturated/α-hetero) is 1. The summed E-state index contributed by atoms with van der Waals surface area (Å²) in [5, 5.41) is 11.7. The minimum atomic E-state index is -5.30. The molecule has 0 aliphatic rings. The fourth-order valence-electron chi connectivity index (χ4n) is 3.32. The standard InChI is InChI=1S/C21H12F3NO3.Gd.2H2O/c22-21(23,24)19(27)17-18(26)16-14-9-5-4-6-12(14)10-11-15(16)25(20(17)28)13-7-2-1-3-8-13;;;/h1-11,26H;;2*1H2. The van der Waals surface area contributed by atoms with E-state index in [0.29, 0.717) is 10.8 Å². The molecule has 0 aliphatic heterocycles. The van der Waals surface area contributed by atoms with Gasteiger partial charge in [0.05, 0.1) is 5.52 Å². The maximum absolute atomic E-state index is 13.1. The normalized spacial score (nSPS) is 10.7. The van der Waals surface area contributed by atoms with Gasteiger partial charge in [0.1, 0.15) is 11.3 Å². The van der Waals surface area contributed by atoms with E-state index in [1.165, 1.54) is 18.2 Å². The van der Waals surface area contributed by atoms with Crippen molar-refractivity contribution < 1.29 is 74.0 Å². The summed E-state index contributed by atoms with van der Waals surface area (Å²) in [5.41, 5.74) is -2.04. The van der Waals surface area contributed by atoms with Gasteiger partial charge in [0.15, 0.2) is 0 Å². The number of aromatic nitrogens is 1. The molecule has 1 aromatic heterocycles. The van der Waals surface area contributed by atoms with Crippen molar-refractivity contribution in [3.63, 3.8) is 0 Å². The molecule has 1 heterocycles. The van der Waals surface area contributed by atoms with Crippen molar-refractivity contribution in [2.75, 3.05) is 0 Å². The van der Waals surface area contributed by atoms with Crippen LogP contribution in [-0.2, 0) is 0 Å². The number of alkyl halides is 3. The van der Waals surface area contributed by atoms with Crippen molar-refractivity contribution in [1.82, 2.24) is 4.57 Å². The number of hydrogen-bond acceptors (Lipinski definition) is 3. The van der Waals surface area contributed by atoms with Gasteiger partial charge >= 0.3 is 6.18 Å². The number of para-hydroxylation sites is 1. The van der Waals surface area contributed by atoms with Gasteiger partial charge in [-0.25, -0.2) is 0 Å². The van der Waals surface area contributed by atoms with Crippen LogP contribution in [0, 0.1) is 39.9 Å². The molecule has 0 saturated heterocycles. The number of carbonyl (C=O) groups is 1. The minimum absolute atomic E-state index is 0. The Hall–Kier alpha value is -2.37. The first-order chi connectivity index (χ1) is 13.3. The number of ketones is 1. The molecule has 10 heteroatoms. The number of hydrogen-bond donors (Lipinski definition) is 1. The van der Waals surface area contributed by atoms with Gasteiger partial charge in [-0.05, 0) is 29.0 Å². The van der Waals surface area contributed by atoms with E-state index in [4.69, 9.17) is 0 Å². The van der Waals surface area contributed by atoms with Crippen LogP contribution in [0.15, 0.2) is 71.5 Å². The number of halogens is 3. The Morgan fingerprint density at radius 3 is 2.06 bits per heavy atom. The van der Waals surface area contributed by atoms with Gasteiger partial charge in [0.25, 0.3) is 11.3 Å². The van der Waals surface area contributed by atoms with Gasteiger partial charge in [-0.1, -0.05) is 48.5 Å². The number of rotatable bonds is 2. The summed E-state index contributed by atoms with van der Waals surface area (Å²) in [7, 11) is 0. The van der Waals surface area contributed by atoms with Crippen LogP contribution >= 0.6 is 0 Å². The van der Waals surface area contributed by atoms with E-state index in [1.807, 2.05) is 0 Å². The fraction of sp³-hybridized carbons (Fsp3) is 0.0476. The van der Waals surface area contributed by atoms with Gasteiger partial charge in [-0.15, -0.1) is 0 Å². The van der Waals surface area contributed by atoms with E-state index in [1.54, 1.807) is 48.5 Å². The second-order valence-electron chi connectivity index (χ2n) is 6.21. The molecular weight excluding hydrogens is 560 g/mol. The summed E-state index contributed by atoms with van der Waals surface area (Å²) in [6.45, 7) is 0. The molecule has 5 N–H and O–H groups in total. The van der Waals surface area contributed by atoms with Gasteiger partial charge < -0.3 is 16.1 Å².